The van der Waals surface area contributed by atoms with Crippen LogP contribution in [0.4, 0.5) is 0 Å². The molecule has 0 aromatic rings. The summed E-state index contributed by atoms with van der Waals surface area (Å²) >= 11 is -1.99. The standard InChI is InChI=1S/C8H17ClGeO/c1-4-10(9,5-2)7-6-8(3)11/h4-7H2,1-3H3. The van der Waals surface area contributed by atoms with Crippen molar-refractivity contribution in [2.75, 3.05) is 0 Å². The van der Waals surface area contributed by atoms with Gasteiger partial charge in [-0.2, -0.15) is 0 Å². The van der Waals surface area contributed by atoms with Gasteiger partial charge in [0.15, 0.2) is 0 Å². The van der Waals surface area contributed by atoms with Crippen molar-refractivity contribution < 1.29 is 4.79 Å². The molecule has 0 aromatic heterocycles. The van der Waals surface area contributed by atoms with Gasteiger partial charge in [-0.3, -0.25) is 0 Å². The number of hydrogen-bond donors (Lipinski definition) is 0. The predicted molar refractivity (Wildman–Crippen MR) is 52.7 cm³/mol. The molecule has 0 rings (SSSR count). The molecule has 1 nitrogen and oxygen atoms in total. The van der Waals surface area contributed by atoms with Crippen molar-refractivity contribution in [3.8, 4) is 0 Å². The number of carbonyl (C=O) groups is 1. The molecule has 0 bridgehead atoms. The Hall–Kier alpha value is 0.503. The minimum absolute atomic E-state index is 0.280. The maximum absolute atomic E-state index is 10.7. The van der Waals surface area contributed by atoms with Crippen LogP contribution in [0.5, 0.6) is 0 Å². The fourth-order valence-electron chi connectivity index (χ4n) is 1.00. The van der Waals surface area contributed by atoms with Gasteiger partial charge in [0, 0.05) is 0 Å². The van der Waals surface area contributed by atoms with Crippen molar-refractivity contribution >= 4 is 28.1 Å². The normalized spacial score (nSPS) is 11.6. The van der Waals surface area contributed by atoms with Crippen molar-refractivity contribution in [1.29, 1.82) is 0 Å². The summed E-state index contributed by atoms with van der Waals surface area (Å²) in [6.45, 7) is 5.94. The zero-order chi connectivity index (χ0) is 8.91. The summed E-state index contributed by atoms with van der Waals surface area (Å²) in [5, 5.41) is 3.26. The maximum atomic E-state index is 10.7. The number of ketones is 1. The SMILES string of the molecule is C[CH2][Ge]([Cl])([CH2]C)[CH2]CC(C)=O. The molecule has 0 aliphatic carbocycles. The molecule has 0 saturated heterocycles. The average molecular weight is 237 g/mol. The predicted octanol–water partition coefficient (Wildman–Crippen LogP) is 3.19. The second-order valence-electron chi connectivity index (χ2n) is 3.06. The van der Waals surface area contributed by atoms with Crippen LogP contribution in [0.3, 0.4) is 0 Å². The van der Waals surface area contributed by atoms with E-state index in [1.165, 1.54) is 0 Å². The number of hydrogen-bond acceptors (Lipinski definition) is 1. The van der Waals surface area contributed by atoms with Gasteiger partial charge in [0.05, 0.1) is 0 Å². The molecule has 0 aliphatic heterocycles. The van der Waals surface area contributed by atoms with Crippen molar-refractivity contribution in [3.05, 3.63) is 0 Å². The minimum atomic E-state index is -1.99. The first-order chi connectivity index (χ1) is 5.04. The van der Waals surface area contributed by atoms with Gasteiger partial charge in [-0.25, -0.2) is 0 Å². The van der Waals surface area contributed by atoms with Crippen LogP contribution in [-0.2, 0) is 4.79 Å². The topological polar surface area (TPSA) is 17.1 Å². The van der Waals surface area contributed by atoms with Crippen LogP contribution in [0.1, 0.15) is 27.2 Å². The summed E-state index contributed by atoms with van der Waals surface area (Å²) in [4.78, 5) is 10.7. The summed E-state index contributed by atoms with van der Waals surface area (Å²) < 4.78 is 0. The Labute approximate surface area is 76.0 Å². The molecule has 0 saturated carbocycles. The van der Waals surface area contributed by atoms with Crippen LogP contribution in [-0.4, -0.2) is 18.1 Å². The van der Waals surface area contributed by atoms with E-state index < -0.39 is 12.3 Å². The summed E-state index contributed by atoms with van der Waals surface area (Å²) in [5.41, 5.74) is 0. The molecule has 11 heavy (non-hydrogen) atoms. The third-order valence-electron chi connectivity index (χ3n) is 2.19. The van der Waals surface area contributed by atoms with Gasteiger partial charge in [0.25, 0.3) is 0 Å². The zero-order valence-corrected chi connectivity index (χ0v) is 10.5. The molecule has 0 unspecified atom stereocenters. The number of Topliss-reactive ketones (excluding diaryl/α,β-unsaturated/α-hetero) is 1. The van der Waals surface area contributed by atoms with Gasteiger partial charge in [-0.15, -0.1) is 0 Å². The van der Waals surface area contributed by atoms with E-state index in [0.29, 0.717) is 6.42 Å². The van der Waals surface area contributed by atoms with Gasteiger partial charge in [0.2, 0.25) is 0 Å². The van der Waals surface area contributed by atoms with Crippen LogP contribution in [0.25, 0.3) is 0 Å². The van der Waals surface area contributed by atoms with E-state index in [1.807, 2.05) is 0 Å². The Morgan fingerprint density at radius 2 is 1.82 bits per heavy atom. The molecular weight excluding hydrogens is 220 g/mol. The van der Waals surface area contributed by atoms with Gasteiger partial charge < -0.3 is 0 Å². The first-order valence-electron chi connectivity index (χ1n) is 4.22. The summed E-state index contributed by atoms with van der Waals surface area (Å²) in [6, 6.07) is 0. The first-order valence-corrected chi connectivity index (χ1v) is 11.4. The van der Waals surface area contributed by atoms with Crippen LogP contribution in [0.2, 0.25) is 15.8 Å². The quantitative estimate of drug-likeness (QED) is 0.671. The molecule has 3 heteroatoms. The van der Waals surface area contributed by atoms with E-state index in [4.69, 9.17) is 10.0 Å². The van der Waals surface area contributed by atoms with Gasteiger partial charge in [0.1, 0.15) is 0 Å². The molecule has 66 valence electrons. The molecule has 0 spiro atoms. The van der Waals surface area contributed by atoms with Gasteiger partial charge >= 0.3 is 75.9 Å². The summed E-state index contributed by atoms with van der Waals surface area (Å²) in [5.74, 6) is 0.280. The van der Waals surface area contributed by atoms with E-state index in [-0.39, 0.29) is 5.78 Å². The molecule has 0 fully saturated rings. The number of carbonyl (C=O) groups excluding carboxylic acids is 1. The number of halogens is 1. The third kappa shape index (κ3) is 4.86. The fraction of sp³-hybridized carbons (Fsp3) is 0.875. The van der Waals surface area contributed by atoms with Crippen LogP contribution in [0, 0.1) is 0 Å². The Balaban J connectivity index is 3.78. The molecule has 0 N–H and O–H groups in total. The molecule has 0 heterocycles. The zero-order valence-electron chi connectivity index (χ0n) is 7.61. The Bertz CT molecular complexity index is 132. The summed E-state index contributed by atoms with van der Waals surface area (Å²) in [6.07, 6.45) is 0.700. The second kappa shape index (κ2) is 5.20. The van der Waals surface area contributed by atoms with E-state index in [0.717, 1.165) is 15.8 Å². The van der Waals surface area contributed by atoms with Crippen LogP contribution in [0.15, 0.2) is 0 Å². The Morgan fingerprint density at radius 1 is 1.36 bits per heavy atom. The molecule has 0 radical (unpaired) electrons. The van der Waals surface area contributed by atoms with Crippen molar-refractivity contribution in [2.45, 2.75) is 43.0 Å². The summed E-state index contributed by atoms with van der Waals surface area (Å²) in [7, 11) is 6.39. The van der Waals surface area contributed by atoms with E-state index in [9.17, 15) is 4.79 Å². The van der Waals surface area contributed by atoms with Crippen molar-refractivity contribution in [2.24, 2.45) is 0 Å². The molecular formula is C8H17ClGeO. The monoisotopic (exact) mass is 238 g/mol. The Morgan fingerprint density at radius 3 is 2.09 bits per heavy atom. The molecule has 0 atom stereocenters. The van der Waals surface area contributed by atoms with Crippen LogP contribution < -0.4 is 0 Å². The van der Waals surface area contributed by atoms with E-state index in [2.05, 4.69) is 13.8 Å². The fourth-order valence-corrected chi connectivity index (χ4v) is 5.71. The number of rotatable bonds is 5. The molecule has 0 aromatic carbocycles. The van der Waals surface area contributed by atoms with E-state index >= 15 is 0 Å². The first kappa shape index (κ1) is 11.5. The van der Waals surface area contributed by atoms with Crippen LogP contribution >= 0.6 is 10.0 Å². The third-order valence-corrected chi connectivity index (χ3v) is 13.7. The van der Waals surface area contributed by atoms with Crippen molar-refractivity contribution in [3.63, 3.8) is 0 Å². The second-order valence-corrected chi connectivity index (χ2v) is 16.1. The van der Waals surface area contributed by atoms with Gasteiger partial charge in [-0.1, -0.05) is 0 Å². The van der Waals surface area contributed by atoms with Gasteiger partial charge in [-0.05, 0) is 0 Å². The molecule has 0 amide bonds. The Kier molecular flexibility index (Phi) is 5.44. The molecule has 0 aliphatic rings. The van der Waals surface area contributed by atoms with E-state index in [1.54, 1.807) is 6.92 Å². The average Bonchev–Trinajstić information content (AvgIpc) is 2.00. The van der Waals surface area contributed by atoms with Crippen molar-refractivity contribution in [1.82, 2.24) is 0 Å².